The standard InChI is InChI=1S/C30H29F2N3/c1-20-18-26(31)19-28(32)29(20)22(3)35-16-14-34(15-17-35)21(2)23-9-11-24(12-10-23)27-8-4-6-25-7-5-13-33-30(25)27/h4-13,18-19,22H,2,14-17H2,1,3H3. The lowest BCUT2D eigenvalue weighted by molar-refractivity contribution is 0.133. The zero-order chi connectivity index (χ0) is 24.5. The molecule has 178 valence electrons. The molecule has 1 aromatic heterocycles. The summed E-state index contributed by atoms with van der Waals surface area (Å²) < 4.78 is 28.0. The molecule has 0 aliphatic carbocycles. The number of benzene rings is 3. The maximum absolute atomic E-state index is 14.5. The molecule has 1 fully saturated rings. The molecule has 1 atom stereocenters. The molecule has 1 unspecified atom stereocenters. The van der Waals surface area contributed by atoms with E-state index >= 15 is 0 Å². The van der Waals surface area contributed by atoms with Crippen molar-refractivity contribution in [1.82, 2.24) is 14.8 Å². The largest absolute Gasteiger partial charge is 0.369 e. The molecule has 1 aliphatic heterocycles. The Morgan fingerprint density at radius 3 is 2.37 bits per heavy atom. The number of para-hydroxylation sites is 1. The first-order valence-corrected chi connectivity index (χ1v) is 12.0. The van der Waals surface area contributed by atoms with Crippen LogP contribution in [0.25, 0.3) is 27.7 Å². The Labute approximate surface area is 205 Å². The SMILES string of the molecule is C=C(c1ccc(-c2cccc3cccnc23)cc1)N1CCN(C(C)c2c(C)cc(F)cc2F)CC1. The van der Waals surface area contributed by atoms with Gasteiger partial charge in [0.15, 0.2) is 0 Å². The Morgan fingerprint density at radius 1 is 0.943 bits per heavy atom. The number of halogens is 2. The summed E-state index contributed by atoms with van der Waals surface area (Å²) in [5.74, 6) is -0.997. The van der Waals surface area contributed by atoms with Crippen LogP contribution in [0.2, 0.25) is 0 Å². The highest BCUT2D eigenvalue weighted by Crippen LogP contribution is 2.31. The molecule has 0 spiro atoms. The van der Waals surface area contributed by atoms with Crippen molar-refractivity contribution >= 4 is 16.6 Å². The lowest BCUT2D eigenvalue weighted by atomic mass is 9.99. The number of hydrogen-bond acceptors (Lipinski definition) is 3. The zero-order valence-electron chi connectivity index (χ0n) is 20.1. The molecular weight excluding hydrogens is 440 g/mol. The molecule has 5 rings (SSSR count). The van der Waals surface area contributed by atoms with E-state index in [0.717, 1.165) is 65.5 Å². The third-order valence-electron chi connectivity index (χ3n) is 7.12. The summed E-state index contributed by atoms with van der Waals surface area (Å²) in [6.45, 7) is 11.3. The van der Waals surface area contributed by atoms with Gasteiger partial charge in [0, 0.05) is 66.7 Å². The van der Waals surface area contributed by atoms with Crippen LogP contribution in [0.15, 0.2) is 79.5 Å². The average molecular weight is 470 g/mol. The predicted octanol–water partition coefficient (Wildman–Crippen LogP) is 6.84. The van der Waals surface area contributed by atoms with Crippen LogP contribution in [0.5, 0.6) is 0 Å². The van der Waals surface area contributed by atoms with E-state index in [2.05, 4.69) is 69.9 Å². The Hall–Kier alpha value is -3.57. The fourth-order valence-corrected chi connectivity index (χ4v) is 5.17. The monoisotopic (exact) mass is 469 g/mol. The number of aromatic nitrogens is 1. The van der Waals surface area contributed by atoms with Crippen molar-refractivity contribution in [3.05, 3.63) is 108 Å². The molecule has 2 heterocycles. The van der Waals surface area contributed by atoms with Crippen LogP contribution in [-0.2, 0) is 0 Å². The van der Waals surface area contributed by atoms with E-state index in [1.54, 1.807) is 6.92 Å². The molecule has 4 aromatic rings. The second-order valence-electron chi connectivity index (χ2n) is 9.22. The van der Waals surface area contributed by atoms with Crippen molar-refractivity contribution in [1.29, 1.82) is 0 Å². The summed E-state index contributed by atoms with van der Waals surface area (Å²) >= 11 is 0. The fraction of sp³-hybridized carbons (Fsp3) is 0.233. The van der Waals surface area contributed by atoms with Crippen molar-refractivity contribution in [2.24, 2.45) is 0 Å². The third-order valence-corrected chi connectivity index (χ3v) is 7.12. The summed E-state index contributed by atoms with van der Waals surface area (Å²) in [5.41, 5.74) is 6.56. The molecule has 35 heavy (non-hydrogen) atoms. The van der Waals surface area contributed by atoms with Crippen molar-refractivity contribution in [2.75, 3.05) is 26.2 Å². The lowest BCUT2D eigenvalue weighted by Crippen LogP contribution is -2.46. The van der Waals surface area contributed by atoms with Gasteiger partial charge in [-0.05, 0) is 42.7 Å². The first-order chi connectivity index (χ1) is 16.9. The van der Waals surface area contributed by atoms with Gasteiger partial charge in [-0.25, -0.2) is 8.78 Å². The zero-order valence-corrected chi connectivity index (χ0v) is 20.1. The minimum atomic E-state index is -0.528. The van der Waals surface area contributed by atoms with Crippen LogP contribution in [0.4, 0.5) is 8.78 Å². The first-order valence-electron chi connectivity index (χ1n) is 12.0. The van der Waals surface area contributed by atoms with E-state index in [4.69, 9.17) is 0 Å². The van der Waals surface area contributed by atoms with Crippen molar-refractivity contribution in [3.8, 4) is 11.1 Å². The van der Waals surface area contributed by atoms with Crippen molar-refractivity contribution < 1.29 is 8.78 Å². The van der Waals surface area contributed by atoms with E-state index in [1.807, 2.05) is 19.2 Å². The van der Waals surface area contributed by atoms with E-state index in [1.165, 1.54) is 6.07 Å². The molecule has 1 aliphatic rings. The van der Waals surface area contributed by atoms with E-state index in [-0.39, 0.29) is 6.04 Å². The van der Waals surface area contributed by atoms with Gasteiger partial charge in [-0.1, -0.05) is 55.1 Å². The minimum absolute atomic E-state index is 0.111. The smallest absolute Gasteiger partial charge is 0.131 e. The number of pyridine rings is 1. The van der Waals surface area contributed by atoms with Crippen LogP contribution in [0.3, 0.4) is 0 Å². The van der Waals surface area contributed by atoms with Gasteiger partial charge in [0.05, 0.1) is 5.52 Å². The Bertz CT molecular complexity index is 1340. The molecule has 0 radical (unpaired) electrons. The fourth-order valence-electron chi connectivity index (χ4n) is 5.17. The van der Waals surface area contributed by atoms with Gasteiger partial charge in [-0.15, -0.1) is 0 Å². The van der Waals surface area contributed by atoms with E-state index in [9.17, 15) is 8.78 Å². The Balaban J connectivity index is 1.27. The quantitative estimate of drug-likeness (QED) is 0.319. The maximum atomic E-state index is 14.5. The summed E-state index contributed by atoms with van der Waals surface area (Å²) in [5, 5.41) is 1.13. The van der Waals surface area contributed by atoms with Gasteiger partial charge in [-0.2, -0.15) is 0 Å². The number of fused-ring (bicyclic) bond motifs is 1. The normalized spacial score (nSPS) is 15.4. The van der Waals surface area contributed by atoms with Gasteiger partial charge < -0.3 is 4.90 Å². The van der Waals surface area contributed by atoms with Gasteiger partial charge in [0.25, 0.3) is 0 Å². The molecule has 0 saturated carbocycles. The van der Waals surface area contributed by atoms with Gasteiger partial charge in [-0.3, -0.25) is 9.88 Å². The number of rotatable bonds is 5. The molecule has 0 bridgehead atoms. The second-order valence-corrected chi connectivity index (χ2v) is 9.22. The van der Waals surface area contributed by atoms with Crippen LogP contribution in [0.1, 0.15) is 29.7 Å². The molecule has 0 N–H and O–H groups in total. The topological polar surface area (TPSA) is 19.4 Å². The van der Waals surface area contributed by atoms with Crippen LogP contribution < -0.4 is 0 Å². The minimum Gasteiger partial charge on any atom is -0.369 e. The summed E-state index contributed by atoms with van der Waals surface area (Å²) in [4.78, 5) is 9.11. The highest BCUT2D eigenvalue weighted by molar-refractivity contribution is 5.93. The van der Waals surface area contributed by atoms with Gasteiger partial charge in [0.2, 0.25) is 0 Å². The van der Waals surface area contributed by atoms with Crippen LogP contribution >= 0.6 is 0 Å². The molecule has 3 aromatic carbocycles. The Kier molecular flexibility index (Phi) is 6.35. The molecule has 3 nitrogen and oxygen atoms in total. The summed E-state index contributed by atoms with van der Waals surface area (Å²) in [6, 6.07) is 21.0. The molecule has 5 heteroatoms. The van der Waals surface area contributed by atoms with Gasteiger partial charge >= 0.3 is 0 Å². The van der Waals surface area contributed by atoms with E-state index < -0.39 is 11.6 Å². The summed E-state index contributed by atoms with van der Waals surface area (Å²) in [6.07, 6.45) is 1.83. The van der Waals surface area contributed by atoms with Crippen LogP contribution in [-0.4, -0.2) is 41.0 Å². The van der Waals surface area contributed by atoms with Crippen molar-refractivity contribution in [3.63, 3.8) is 0 Å². The van der Waals surface area contributed by atoms with Crippen LogP contribution in [0, 0.1) is 18.6 Å². The highest BCUT2D eigenvalue weighted by Gasteiger charge is 2.26. The number of piperazine rings is 1. The number of aryl methyl sites for hydroxylation is 1. The Morgan fingerprint density at radius 2 is 1.66 bits per heavy atom. The van der Waals surface area contributed by atoms with E-state index in [0.29, 0.717) is 11.1 Å². The average Bonchev–Trinajstić information content (AvgIpc) is 2.87. The van der Waals surface area contributed by atoms with Crippen molar-refractivity contribution in [2.45, 2.75) is 19.9 Å². The second kappa shape index (κ2) is 9.59. The highest BCUT2D eigenvalue weighted by atomic mass is 19.1. The summed E-state index contributed by atoms with van der Waals surface area (Å²) in [7, 11) is 0. The molecule has 0 amide bonds. The third kappa shape index (κ3) is 4.56. The molecule has 1 saturated heterocycles. The molecular formula is C30H29F2N3. The number of nitrogens with zero attached hydrogens (tertiary/aromatic N) is 3. The first kappa shape index (κ1) is 23.2. The van der Waals surface area contributed by atoms with Gasteiger partial charge in [0.1, 0.15) is 11.6 Å². The lowest BCUT2D eigenvalue weighted by Gasteiger charge is -2.40. The predicted molar refractivity (Wildman–Crippen MR) is 139 cm³/mol. The number of hydrogen-bond donors (Lipinski definition) is 0. The maximum Gasteiger partial charge on any atom is 0.131 e.